The van der Waals surface area contributed by atoms with E-state index in [-0.39, 0.29) is 0 Å². The van der Waals surface area contributed by atoms with Crippen molar-refractivity contribution >= 4 is 0 Å². The molecular weight excluding hydrogens is 180 g/mol. The second-order valence-electron chi connectivity index (χ2n) is 5.59. The molecule has 0 spiro atoms. The molecule has 88 valence electrons. The van der Waals surface area contributed by atoms with E-state index in [9.17, 15) is 0 Å². The topological polar surface area (TPSA) is 0 Å². The van der Waals surface area contributed by atoms with E-state index in [1.165, 1.54) is 50.5 Å². The van der Waals surface area contributed by atoms with Crippen molar-refractivity contribution in [2.45, 2.75) is 65.7 Å². The minimum absolute atomic E-state index is 0.683. The molecule has 0 heteroatoms. The van der Waals surface area contributed by atoms with Crippen LogP contribution in [0, 0.1) is 17.8 Å². The van der Waals surface area contributed by atoms with Gasteiger partial charge in [-0.15, -0.1) is 0 Å². The quantitative estimate of drug-likeness (QED) is 0.545. The van der Waals surface area contributed by atoms with Gasteiger partial charge in [-0.25, -0.2) is 0 Å². The summed E-state index contributed by atoms with van der Waals surface area (Å²) in [4.78, 5) is 0. The molecule has 0 atom stereocenters. The number of rotatable bonds is 5. The Morgan fingerprint density at radius 3 is 2.27 bits per heavy atom. The highest BCUT2D eigenvalue weighted by molar-refractivity contribution is 5.04. The zero-order valence-electron chi connectivity index (χ0n) is 10.9. The van der Waals surface area contributed by atoms with Crippen molar-refractivity contribution in [3.8, 4) is 0 Å². The third-order valence-electron chi connectivity index (χ3n) is 4.08. The van der Waals surface area contributed by atoms with E-state index in [0.717, 1.165) is 11.8 Å². The van der Waals surface area contributed by atoms with Crippen LogP contribution in [0.4, 0.5) is 0 Å². The van der Waals surface area contributed by atoms with E-state index < -0.39 is 0 Å². The van der Waals surface area contributed by atoms with Crippen LogP contribution in [0.5, 0.6) is 0 Å². The van der Waals surface area contributed by atoms with Crippen molar-refractivity contribution in [2.75, 3.05) is 0 Å². The lowest BCUT2D eigenvalue weighted by Crippen LogP contribution is -2.17. The molecule has 0 amide bonds. The summed E-state index contributed by atoms with van der Waals surface area (Å²) in [6, 6.07) is 0. The highest BCUT2D eigenvalue weighted by Crippen LogP contribution is 2.36. The molecule has 0 aromatic rings. The molecule has 0 aromatic carbocycles. The first kappa shape index (κ1) is 12.8. The van der Waals surface area contributed by atoms with Gasteiger partial charge in [-0.3, -0.25) is 0 Å². The molecule has 0 heterocycles. The Kier molecular flexibility index (Phi) is 5.42. The second-order valence-corrected chi connectivity index (χ2v) is 5.59. The predicted molar refractivity (Wildman–Crippen MR) is 69.0 cm³/mol. The monoisotopic (exact) mass is 208 g/mol. The van der Waals surface area contributed by atoms with E-state index in [0.29, 0.717) is 5.92 Å². The van der Waals surface area contributed by atoms with Gasteiger partial charge in [0.1, 0.15) is 0 Å². The van der Waals surface area contributed by atoms with Gasteiger partial charge in [0, 0.05) is 0 Å². The van der Waals surface area contributed by atoms with Crippen molar-refractivity contribution in [1.82, 2.24) is 0 Å². The van der Waals surface area contributed by atoms with Gasteiger partial charge >= 0.3 is 0 Å². The van der Waals surface area contributed by atoms with Crippen molar-refractivity contribution in [3.05, 3.63) is 12.2 Å². The molecule has 0 aliphatic heterocycles. The van der Waals surface area contributed by atoms with E-state index in [1.807, 2.05) is 0 Å². The zero-order chi connectivity index (χ0) is 11.3. The van der Waals surface area contributed by atoms with Crippen LogP contribution < -0.4 is 0 Å². The van der Waals surface area contributed by atoms with Gasteiger partial charge in [0.05, 0.1) is 0 Å². The zero-order valence-corrected chi connectivity index (χ0v) is 10.9. The van der Waals surface area contributed by atoms with Gasteiger partial charge < -0.3 is 0 Å². The van der Waals surface area contributed by atoms with Gasteiger partial charge in [-0.1, -0.05) is 52.2 Å². The molecule has 1 aliphatic rings. The summed E-state index contributed by atoms with van der Waals surface area (Å²) in [5.74, 6) is 2.55. The van der Waals surface area contributed by atoms with E-state index in [1.54, 1.807) is 0 Å². The first-order valence-electron chi connectivity index (χ1n) is 6.83. The Morgan fingerprint density at radius 2 is 1.80 bits per heavy atom. The van der Waals surface area contributed by atoms with Crippen molar-refractivity contribution in [1.29, 1.82) is 0 Å². The van der Waals surface area contributed by atoms with Crippen LogP contribution >= 0.6 is 0 Å². The minimum Gasteiger partial charge on any atom is -0.0993 e. The fourth-order valence-corrected chi connectivity index (χ4v) is 2.79. The number of hydrogen-bond donors (Lipinski definition) is 0. The summed E-state index contributed by atoms with van der Waals surface area (Å²) in [6.07, 6.45) is 9.99. The lowest BCUT2D eigenvalue weighted by atomic mass is 9.75. The average Bonchev–Trinajstić information content (AvgIpc) is 2.26. The maximum atomic E-state index is 4.27. The molecule has 15 heavy (non-hydrogen) atoms. The standard InChI is InChI=1S/C15H28/c1-5-6-7-14-8-10-15(11-9-14)13(4)12(2)3/h12,14-15H,4-11H2,1-3H3. The highest BCUT2D eigenvalue weighted by atomic mass is 14.3. The van der Waals surface area contributed by atoms with Crippen molar-refractivity contribution < 1.29 is 0 Å². The maximum absolute atomic E-state index is 4.27. The normalized spacial score (nSPS) is 26.9. The highest BCUT2D eigenvalue weighted by Gasteiger charge is 2.23. The summed E-state index contributed by atoms with van der Waals surface area (Å²) < 4.78 is 0. The van der Waals surface area contributed by atoms with Gasteiger partial charge in [0.2, 0.25) is 0 Å². The van der Waals surface area contributed by atoms with Crippen LogP contribution in [0.3, 0.4) is 0 Å². The first-order valence-corrected chi connectivity index (χ1v) is 6.83. The van der Waals surface area contributed by atoms with Gasteiger partial charge in [-0.2, -0.15) is 0 Å². The predicted octanol–water partition coefficient (Wildman–Crippen LogP) is 5.20. The first-order chi connectivity index (χ1) is 7.15. The molecule has 0 N–H and O–H groups in total. The fourth-order valence-electron chi connectivity index (χ4n) is 2.79. The van der Waals surface area contributed by atoms with Crippen LogP contribution in [-0.2, 0) is 0 Å². The Balaban J connectivity index is 2.26. The van der Waals surface area contributed by atoms with E-state index in [4.69, 9.17) is 0 Å². The van der Waals surface area contributed by atoms with Crippen LogP contribution in [-0.4, -0.2) is 0 Å². The molecular formula is C15H28. The van der Waals surface area contributed by atoms with Crippen LogP contribution in [0.2, 0.25) is 0 Å². The lowest BCUT2D eigenvalue weighted by molar-refractivity contribution is 0.275. The molecule has 0 nitrogen and oxygen atoms in total. The molecule has 0 radical (unpaired) electrons. The maximum Gasteiger partial charge on any atom is -0.0203 e. The summed E-state index contributed by atoms with van der Waals surface area (Å²) in [5.41, 5.74) is 1.50. The summed E-state index contributed by atoms with van der Waals surface area (Å²) in [7, 11) is 0. The molecule has 0 aromatic heterocycles. The smallest absolute Gasteiger partial charge is 0.0203 e. The number of hydrogen-bond acceptors (Lipinski definition) is 0. The summed E-state index contributed by atoms with van der Waals surface area (Å²) >= 11 is 0. The van der Waals surface area contributed by atoms with E-state index >= 15 is 0 Å². The SMILES string of the molecule is C=C(C(C)C)C1CCC(CCCC)CC1. The molecule has 0 unspecified atom stereocenters. The van der Waals surface area contributed by atoms with Crippen LogP contribution in [0.15, 0.2) is 12.2 Å². The van der Waals surface area contributed by atoms with Gasteiger partial charge in [-0.05, 0) is 43.4 Å². The Hall–Kier alpha value is -0.260. The Bertz CT molecular complexity index is 182. The fraction of sp³-hybridized carbons (Fsp3) is 0.867. The molecule has 1 fully saturated rings. The van der Waals surface area contributed by atoms with Gasteiger partial charge in [0.15, 0.2) is 0 Å². The second kappa shape index (κ2) is 6.35. The lowest BCUT2D eigenvalue weighted by Gasteiger charge is -2.31. The number of unbranched alkanes of at least 4 members (excludes halogenated alkanes) is 1. The number of allylic oxidation sites excluding steroid dienone is 1. The van der Waals surface area contributed by atoms with Crippen LogP contribution in [0.1, 0.15) is 65.7 Å². The van der Waals surface area contributed by atoms with Crippen LogP contribution in [0.25, 0.3) is 0 Å². The summed E-state index contributed by atoms with van der Waals surface area (Å²) in [6.45, 7) is 11.1. The minimum atomic E-state index is 0.683. The third kappa shape index (κ3) is 4.01. The average molecular weight is 208 g/mol. The molecule has 1 saturated carbocycles. The largest absolute Gasteiger partial charge is 0.0993 e. The van der Waals surface area contributed by atoms with Crippen molar-refractivity contribution in [2.24, 2.45) is 17.8 Å². The Morgan fingerprint density at radius 1 is 1.20 bits per heavy atom. The molecule has 0 saturated heterocycles. The van der Waals surface area contributed by atoms with Gasteiger partial charge in [0.25, 0.3) is 0 Å². The van der Waals surface area contributed by atoms with Crippen molar-refractivity contribution in [3.63, 3.8) is 0 Å². The molecule has 1 aliphatic carbocycles. The summed E-state index contributed by atoms with van der Waals surface area (Å²) in [5, 5.41) is 0. The molecule has 1 rings (SSSR count). The third-order valence-corrected chi connectivity index (χ3v) is 4.08. The van der Waals surface area contributed by atoms with E-state index in [2.05, 4.69) is 27.4 Å². The Labute approximate surface area is 96.2 Å². The molecule has 0 bridgehead atoms.